The van der Waals surface area contributed by atoms with E-state index in [2.05, 4.69) is 15.9 Å². The Hall–Kier alpha value is -2.62. The van der Waals surface area contributed by atoms with Gasteiger partial charge in [-0.2, -0.15) is 13.2 Å². The summed E-state index contributed by atoms with van der Waals surface area (Å²) in [5.41, 5.74) is 7.82. The summed E-state index contributed by atoms with van der Waals surface area (Å²) in [6, 6.07) is 9.14. The fraction of sp³-hybridized carbons (Fsp3) is 0.710. The quantitative estimate of drug-likeness (QED) is 0.464. The number of piperidine rings is 1. The molecule has 226 valence electrons. The van der Waals surface area contributed by atoms with E-state index in [9.17, 15) is 22.8 Å². The highest BCUT2D eigenvalue weighted by Gasteiger charge is 2.51. The number of amides is 2. The zero-order valence-electron chi connectivity index (χ0n) is 23.7. The largest absolute Gasteiger partial charge is 0.490 e. The molecule has 1 unspecified atom stereocenters. The summed E-state index contributed by atoms with van der Waals surface area (Å²) in [5, 5.41) is 7.12. The van der Waals surface area contributed by atoms with E-state index in [-0.39, 0.29) is 11.8 Å². The normalized spacial score (nSPS) is 33.7. The molecule has 3 N–H and O–H groups in total. The number of primary amides is 1. The molecule has 0 radical (unpaired) electrons. The molecule has 3 atom stereocenters. The number of halogens is 3. The van der Waals surface area contributed by atoms with Crippen molar-refractivity contribution < 1.29 is 32.7 Å². The monoisotopic (exact) mass is 577 g/mol. The Morgan fingerprint density at radius 2 is 1.54 bits per heavy atom. The summed E-state index contributed by atoms with van der Waals surface area (Å²) in [7, 11) is 0. The van der Waals surface area contributed by atoms with Gasteiger partial charge in [0.25, 0.3) is 0 Å². The number of rotatable bonds is 7. The number of carboxylic acid groups (broad SMARTS) is 1. The highest BCUT2D eigenvalue weighted by Crippen LogP contribution is 2.60. The predicted octanol–water partition coefficient (Wildman–Crippen LogP) is 5.19. The van der Waals surface area contributed by atoms with Crippen LogP contribution in [0.5, 0.6) is 0 Å². The Bertz CT molecular complexity index is 1110. The van der Waals surface area contributed by atoms with Gasteiger partial charge in [-0.1, -0.05) is 12.1 Å². The Labute approximate surface area is 239 Å². The van der Waals surface area contributed by atoms with E-state index in [0.717, 1.165) is 50.2 Å². The second kappa shape index (κ2) is 11.6. The lowest BCUT2D eigenvalue weighted by Gasteiger charge is -2.58. The van der Waals surface area contributed by atoms with Crippen LogP contribution in [0.15, 0.2) is 24.3 Å². The molecule has 2 amide bonds. The van der Waals surface area contributed by atoms with Gasteiger partial charge in [0.05, 0.1) is 0 Å². The molecule has 0 aromatic heterocycles. The van der Waals surface area contributed by atoms with E-state index < -0.39 is 12.1 Å². The standard InChI is InChI=1S/C29H41N3O2.C2HF3O2/c1-19(33)31(18-29-15-20-9-21(16-29)11-22(10-20)17-29)7-8-32-26-5-6-27(32)14-25(13-26)23-3-2-4-24(12-23)28(30)34;3-2(4,5)1(6)7/h2-4,12,20-22,25-27H,5-11,13-18H2,1H3,(H2,30,34);(H,6,7)/t20?,21?,22?,25?,26-,27+,29?;. The van der Waals surface area contributed by atoms with Crippen molar-refractivity contribution in [2.45, 2.75) is 95.3 Å². The molecule has 7 rings (SSSR count). The van der Waals surface area contributed by atoms with Crippen LogP contribution in [0, 0.1) is 23.2 Å². The fourth-order valence-corrected chi connectivity index (χ4v) is 9.33. The van der Waals surface area contributed by atoms with Crippen LogP contribution >= 0.6 is 0 Å². The highest BCUT2D eigenvalue weighted by atomic mass is 19.4. The van der Waals surface area contributed by atoms with Crippen molar-refractivity contribution in [1.29, 1.82) is 0 Å². The Balaban J connectivity index is 0.000000431. The average Bonchev–Trinajstić information content (AvgIpc) is 3.11. The molecule has 41 heavy (non-hydrogen) atoms. The maximum Gasteiger partial charge on any atom is 0.490 e. The molecule has 4 aliphatic carbocycles. The first-order valence-corrected chi connectivity index (χ1v) is 15.0. The zero-order valence-corrected chi connectivity index (χ0v) is 23.7. The van der Waals surface area contributed by atoms with Gasteiger partial charge in [-0.3, -0.25) is 14.5 Å². The lowest BCUT2D eigenvalue weighted by atomic mass is 9.49. The molecule has 1 aromatic carbocycles. The lowest BCUT2D eigenvalue weighted by molar-refractivity contribution is -0.192. The van der Waals surface area contributed by atoms with Gasteiger partial charge in [-0.05, 0) is 111 Å². The maximum atomic E-state index is 12.7. The highest BCUT2D eigenvalue weighted by molar-refractivity contribution is 5.92. The molecule has 2 heterocycles. The van der Waals surface area contributed by atoms with E-state index in [0.29, 0.717) is 29.0 Å². The number of hydrogen-bond acceptors (Lipinski definition) is 4. The molecule has 6 aliphatic rings. The topological polar surface area (TPSA) is 104 Å². The second-order valence-electron chi connectivity index (χ2n) is 13.4. The van der Waals surface area contributed by atoms with Gasteiger partial charge in [-0.25, -0.2) is 4.79 Å². The van der Waals surface area contributed by atoms with E-state index in [1.165, 1.54) is 56.9 Å². The predicted molar refractivity (Wildman–Crippen MR) is 147 cm³/mol. The van der Waals surface area contributed by atoms with Gasteiger partial charge >= 0.3 is 12.1 Å². The fourth-order valence-electron chi connectivity index (χ4n) is 9.33. The van der Waals surface area contributed by atoms with Gasteiger partial charge in [-0.15, -0.1) is 0 Å². The van der Waals surface area contributed by atoms with Crippen molar-refractivity contribution >= 4 is 17.8 Å². The molecule has 2 saturated heterocycles. The second-order valence-corrected chi connectivity index (χ2v) is 13.4. The number of nitrogens with zero attached hydrogens (tertiary/aromatic N) is 2. The van der Waals surface area contributed by atoms with Crippen LogP contribution < -0.4 is 5.73 Å². The van der Waals surface area contributed by atoms with Crippen molar-refractivity contribution in [2.24, 2.45) is 28.9 Å². The summed E-state index contributed by atoms with van der Waals surface area (Å²) in [4.78, 5) is 38.2. The van der Waals surface area contributed by atoms with Crippen molar-refractivity contribution in [2.75, 3.05) is 19.6 Å². The van der Waals surface area contributed by atoms with Gasteiger partial charge in [0.2, 0.25) is 11.8 Å². The number of alkyl halides is 3. The van der Waals surface area contributed by atoms with Gasteiger partial charge in [0.15, 0.2) is 0 Å². The van der Waals surface area contributed by atoms with E-state index in [1.807, 2.05) is 18.2 Å². The van der Waals surface area contributed by atoms with Crippen LogP contribution in [0.4, 0.5) is 13.2 Å². The molecule has 4 saturated carbocycles. The van der Waals surface area contributed by atoms with E-state index >= 15 is 0 Å². The number of fused-ring (bicyclic) bond motifs is 2. The number of carbonyl (C=O) groups is 3. The number of carbonyl (C=O) groups excluding carboxylic acids is 2. The van der Waals surface area contributed by atoms with Crippen LogP contribution in [-0.2, 0) is 9.59 Å². The number of hydrogen-bond donors (Lipinski definition) is 2. The number of nitrogens with two attached hydrogens (primary N) is 1. The smallest absolute Gasteiger partial charge is 0.475 e. The van der Waals surface area contributed by atoms with Crippen LogP contribution in [0.2, 0.25) is 0 Å². The van der Waals surface area contributed by atoms with Crippen molar-refractivity contribution in [1.82, 2.24) is 9.80 Å². The number of aliphatic carboxylic acids is 1. The molecule has 2 aliphatic heterocycles. The van der Waals surface area contributed by atoms with Crippen LogP contribution in [0.1, 0.15) is 93.0 Å². The minimum absolute atomic E-state index is 0.265. The molecule has 10 heteroatoms. The molecular weight excluding hydrogens is 535 g/mol. The average molecular weight is 578 g/mol. The van der Waals surface area contributed by atoms with Crippen LogP contribution in [0.25, 0.3) is 0 Å². The molecule has 0 spiro atoms. The third kappa shape index (κ3) is 6.73. The third-order valence-electron chi connectivity index (χ3n) is 10.5. The third-order valence-corrected chi connectivity index (χ3v) is 10.5. The summed E-state index contributed by atoms with van der Waals surface area (Å²) in [6.45, 7) is 4.67. The zero-order chi connectivity index (χ0) is 29.5. The lowest BCUT2D eigenvalue weighted by Crippen LogP contribution is -2.53. The van der Waals surface area contributed by atoms with Crippen molar-refractivity contribution in [3.63, 3.8) is 0 Å². The number of carboxylic acids is 1. The number of benzene rings is 1. The van der Waals surface area contributed by atoms with E-state index in [1.54, 1.807) is 6.92 Å². The summed E-state index contributed by atoms with van der Waals surface area (Å²) in [5.74, 6) is 0.470. The molecule has 1 aromatic rings. The molecule has 6 fully saturated rings. The summed E-state index contributed by atoms with van der Waals surface area (Å²) >= 11 is 0. The minimum atomic E-state index is -5.08. The minimum Gasteiger partial charge on any atom is -0.475 e. The first-order chi connectivity index (χ1) is 19.3. The van der Waals surface area contributed by atoms with Crippen LogP contribution in [-0.4, -0.2) is 70.6 Å². The molecule has 7 nitrogen and oxygen atoms in total. The van der Waals surface area contributed by atoms with Crippen molar-refractivity contribution in [3.8, 4) is 0 Å². The first kappa shape index (κ1) is 29.9. The van der Waals surface area contributed by atoms with Crippen LogP contribution in [0.3, 0.4) is 0 Å². The molecular formula is C31H42F3N3O4. The van der Waals surface area contributed by atoms with Gasteiger partial charge in [0, 0.05) is 44.2 Å². The SMILES string of the molecule is CC(=O)N(CCN1[C@@H]2CC[C@H]1CC(c1cccc(C(N)=O)c1)C2)CC12CC3CC(CC(C3)C1)C2.O=C(O)C(F)(F)F. The first-order valence-electron chi connectivity index (χ1n) is 15.0. The van der Waals surface area contributed by atoms with Crippen molar-refractivity contribution in [3.05, 3.63) is 35.4 Å². The Kier molecular flexibility index (Phi) is 8.43. The molecule has 6 bridgehead atoms. The Morgan fingerprint density at radius 1 is 1.00 bits per heavy atom. The maximum absolute atomic E-state index is 12.7. The summed E-state index contributed by atoms with van der Waals surface area (Å²) in [6.07, 6.45) is 8.19. The Morgan fingerprint density at radius 3 is 2.00 bits per heavy atom. The van der Waals surface area contributed by atoms with E-state index in [4.69, 9.17) is 15.6 Å². The summed E-state index contributed by atoms with van der Waals surface area (Å²) < 4.78 is 31.7. The van der Waals surface area contributed by atoms with Gasteiger partial charge < -0.3 is 15.7 Å². The van der Waals surface area contributed by atoms with Gasteiger partial charge in [0.1, 0.15) is 0 Å².